The van der Waals surface area contributed by atoms with Crippen LogP contribution in [0.4, 0.5) is 0 Å². The molecule has 0 bridgehead atoms. The molecule has 2 unspecified atom stereocenters. The maximum atomic E-state index is 11.1. The second kappa shape index (κ2) is 13.0. The van der Waals surface area contributed by atoms with Crippen LogP contribution < -0.4 is 9.47 Å². The third-order valence-corrected chi connectivity index (χ3v) is 5.58. The van der Waals surface area contributed by atoms with E-state index in [2.05, 4.69) is 37.8 Å². The Morgan fingerprint density at radius 1 is 0.667 bits per heavy atom. The fourth-order valence-corrected chi connectivity index (χ4v) is 3.83. The minimum absolute atomic E-state index is 0.326. The van der Waals surface area contributed by atoms with E-state index in [-0.39, 0.29) is 0 Å². The third-order valence-electron chi connectivity index (χ3n) is 5.58. The maximum Gasteiger partial charge on any atom is 0.125 e. The second-order valence-electron chi connectivity index (χ2n) is 7.84. The zero-order chi connectivity index (χ0) is 25.9. The fraction of sp³-hybridized carbons (Fsp3) is 0.125. The molecule has 0 aromatic heterocycles. The minimum Gasteiger partial charge on any atom is -0.489 e. The van der Waals surface area contributed by atoms with E-state index in [0.717, 1.165) is 11.1 Å². The zero-order valence-electron chi connectivity index (χ0n) is 20.2. The fourth-order valence-electron chi connectivity index (χ4n) is 3.83. The quantitative estimate of drug-likeness (QED) is 0.227. The first-order valence-corrected chi connectivity index (χ1v) is 11.5. The molecule has 0 saturated heterocycles. The van der Waals surface area contributed by atoms with Crippen molar-refractivity contribution in [2.45, 2.75) is 12.2 Å². The van der Waals surface area contributed by atoms with Gasteiger partial charge in [0.15, 0.2) is 0 Å². The topological polar surface area (TPSA) is 58.9 Å². The molecule has 182 valence electrons. The normalized spacial score (nSPS) is 11.8. The molecule has 3 aromatic rings. The second-order valence-corrected chi connectivity index (χ2v) is 7.84. The van der Waals surface area contributed by atoms with Crippen molar-refractivity contribution in [3.8, 4) is 11.5 Å². The Morgan fingerprint density at radius 2 is 1.03 bits per heavy atom. The van der Waals surface area contributed by atoms with Gasteiger partial charge >= 0.3 is 0 Å². The Hall–Kier alpha value is -4.30. The van der Waals surface area contributed by atoms with Gasteiger partial charge in [-0.3, -0.25) is 0 Å². The van der Waals surface area contributed by atoms with Crippen molar-refractivity contribution in [2.75, 3.05) is 13.2 Å². The highest BCUT2D eigenvalue weighted by Gasteiger charge is 2.21. The molecular weight excluding hydrogens is 448 g/mol. The van der Waals surface area contributed by atoms with Gasteiger partial charge in [0.1, 0.15) is 36.9 Å². The molecule has 4 heteroatoms. The van der Waals surface area contributed by atoms with E-state index in [1.165, 1.54) is 0 Å². The Balaban J connectivity index is 1.89. The molecule has 0 fully saturated rings. The molecule has 0 saturated carbocycles. The number of hydrogen-bond acceptors (Lipinski definition) is 4. The molecule has 0 aliphatic rings. The van der Waals surface area contributed by atoms with E-state index in [1.807, 2.05) is 48.5 Å². The first-order chi connectivity index (χ1) is 17.5. The van der Waals surface area contributed by atoms with E-state index >= 15 is 0 Å². The van der Waals surface area contributed by atoms with Crippen molar-refractivity contribution >= 4 is 11.1 Å². The molecule has 0 spiro atoms. The van der Waals surface area contributed by atoms with Crippen molar-refractivity contribution in [3.05, 3.63) is 145 Å². The van der Waals surface area contributed by atoms with Gasteiger partial charge < -0.3 is 19.7 Å². The number of rotatable bonds is 12. The molecule has 0 radical (unpaired) electrons. The molecule has 3 aromatic carbocycles. The van der Waals surface area contributed by atoms with Crippen LogP contribution in [0.15, 0.2) is 123 Å². The summed E-state index contributed by atoms with van der Waals surface area (Å²) in [6.45, 7) is 15.6. The van der Waals surface area contributed by atoms with Gasteiger partial charge in [-0.2, -0.15) is 0 Å². The Kier molecular flexibility index (Phi) is 9.48. The van der Waals surface area contributed by atoms with E-state index in [0.29, 0.717) is 47.0 Å². The van der Waals surface area contributed by atoms with Crippen LogP contribution in [-0.4, -0.2) is 23.4 Å². The Labute approximate surface area is 212 Å². The average Bonchev–Trinajstić information content (AvgIpc) is 2.92. The first kappa shape index (κ1) is 26.3. The number of aliphatic hydroxyl groups excluding tert-OH is 2. The van der Waals surface area contributed by atoms with Gasteiger partial charge in [0.25, 0.3) is 0 Å². The van der Waals surface area contributed by atoms with Crippen molar-refractivity contribution < 1.29 is 19.7 Å². The number of hydrogen-bond donors (Lipinski definition) is 2. The lowest BCUT2D eigenvalue weighted by Crippen LogP contribution is -2.06. The van der Waals surface area contributed by atoms with Crippen LogP contribution in [0.2, 0.25) is 0 Å². The zero-order valence-corrected chi connectivity index (χ0v) is 20.2. The molecule has 0 amide bonds. The van der Waals surface area contributed by atoms with Gasteiger partial charge in [-0.25, -0.2) is 0 Å². The summed E-state index contributed by atoms with van der Waals surface area (Å²) in [5, 5.41) is 22.3. The summed E-state index contributed by atoms with van der Waals surface area (Å²) in [6, 6.07) is 21.9. The highest BCUT2D eigenvalue weighted by molar-refractivity contribution is 5.75. The lowest BCUT2D eigenvalue weighted by Gasteiger charge is -2.19. The molecule has 4 nitrogen and oxygen atoms in total. The maximum absolute atomic E-state index is 11.1. The van der Waals surface area contributed by atoms with Gasteiger partial charge in [-0.05, 0) is 23.3 Å². The van der Waals surface area contributed by atoms with Crippen LogP contribution in [0, 0.1) is 0 Å². The SMILES string of the molecule is C=C=C(c1ccc(C(=C=C)C(O)c2ccccc2OCC=C)cc1)C(O)c1ccccc1OCC=C. The van der Waals surface area contributed by atoms with Crippen molar-refractivity contribution in [1.82, 2.24) is 0 Å². The van der Waals surface area contributed by atoms with Crippen LogP contribution in [0.3, 0.4) is 0 Å². The van der Waals surface area contributed by atoms with Crippen LogP contribution in [0.1, 0.15) is 34.5 Å². The van der Waals surface area contributed by atoms with Crippen LogP contribution in [-0.2, 0) is 0 Å². The molecule has 0 aliphatic heterocycles. The van der Waals surface area contributed by atoms with E-state index in [4.69, 9.17) is 9.47 Å². The molecular formula is C32H30O4. The number of ether oxygens (including phenoxy) is 2. The first-order valence-electron chi connectivity index (χ1n) is 11.5. The minimum atomic E-state index is -0.997. The summed E-state index contributed by atoms with van der Waals surface area (Å²) in [4.78, 5) is 0. The summed E-state index contributed by atoms with van der Waals surface area (Å²) in [7, 11) is 0. The standard InChI is InChI=1S/C32H30O4/c1-5-21-35-29-15-11-9-13-27(29)31(33)25(7-3)23-17-19-24(20-18-23)26(8-4)32(34)28-14-10-12-16-30(28)36-22-6-2/h5-6,9-20,31-34H,1-4,21-22H2. The van der Waals surface area contributed by atoms with Crippen molar-refractivity contribution in [1.29, 1.82) is 0 Å². The summed E-state index contributed by atoms with van der Waals surface area (Å²) in [5.41, 5.74) is 9.42. The van der Waals surface area contributed by atoms with Crippen molar-refractivity contribution in [3.63, 3.8) is 0 Å². The predicted molar refractivity (Wildman–Crippen MR) is 146 cm³/mol. The van der Waals surface area contributed by atoms with E-state index in [1.54, 1.807) is 36.4 Å². The van der Waals surface area contributed by atoms with Crippen LogP contribution in [0.5, 0.6) is 11.5 Å². The van der Waals surface area contributed by atoms with E-state index in [9.17, 15) is 10.2 Å². The number of benzene rings is 3. The van der Waals surface area contributed by atoms with Gasteiger partial charge in [-0.1, -0.05) is 99.1 Å². The molecule has 2 N–H and O–H groups in total. The van der Waals surface area contributed by atoms with Crippen molar-refractivity contribution in [2.24, 2.45) is 0 Å². The van der Waals surface area contributed by atoms with Crippen LogP contribution >= 0.6 is 0 Å². The van der Waals surface area contributed by atoms with E-state index < -0.39 is 12.2 Å². The Bertz CT molecular complexity index is 1200. The van der Waals surface area contributed by atoms with Gasteiger partial charge in [0, 0.05) is 22.3 Å². The van der Waals surface area contributed by atoms with Crippen LogP contribution in [0.25, 0.3) is 11.1 Å². The summed E-state index contributed by atoms with van der Waals surface area (Å²) < 4.78 is 11.4. The third kappa shape index (κ3) is 6.03. The average molecular weight is 479 g/mol. The van der Waals surface area contributed by atoms with Gasteiger partial charge in [-0.15, -0.1) is 11.5 Å². The molecule has 36 heavy (non-hydrogen) atoms. The Morgan fingerprint density at radius 3 is 1.36 bits per heavy atom. The lowest BCUT2D eigenvalue weighted by molar-refractivity contribution is 0.229. The lowest BCUT2D eigenvalue weighted by atomic mass is 9.91. The summed E-state index contributed by atoms with van der Waals surface area (Å²) in [5.74, 6) is 1.12. The monoisotopic (exact) mass is 478 g/mol. The molecule has 3 rings (SSSR count). The molecule has 0 heterocycles. The number of aliphatic hydroxyl groups is 2. The smallest absolute Gasteiger partial charge is 0.125 e. The highest BCUT2D eigenvalue weighted by Crippen LogP contribution is 2.37. The van der Waals surface area contributed by atoms with Gasteiger partial charge in [0.05, 0.1) is 0 Å². The largest absolute Gasteiger partial charge is 0.489 e. The predicted octanol–water partition coefficient (Wildman–Crippen LogP) is 6.62. The highest BCUT2D eigenvalue weighted by atomic mass is 16.5. The molecule has 0 aliphatic carbocycles. The summed E-state index contributed by atoms with van der Waals surface area (Å²) >= 11 is 0. The molecule has 2 atom stereocenters. The van der Waals surface area contributed by atoms with Gasteiger partial charge in [0.2, 0.25) is 0 Å². The summed E-state index contributed by atoms with van der Waals surface area (Å²) in [6.07, 6.45) is 1.30. The number of para-hydroxylation sites is 2.